The van der Waals surface area contributed by atoms with Gasteiger partial charge in [-0.25, -0.2) is 0 Å². The van der Waals surface area contributed by atoms with E-state index >= 15 is 0 Å². The number of hydrogen-bond donors (Lipinski definition) is 3. The first kappa shape index (κ1) is 26.5. The Bertz CT molecular complexity index is 1440. The summed E-state index contributed by atoms with van der Waals surface area (Å²) in [7, 11) is 1.61. The molecule has 5 rings (SSSR count). The number of benzene rings is 3. The van der Waals surface area contributed by atoms with Crippen molar-refractivity contribution in [1.29, 1.82) is 0 Å². The Labute approximate surface area is 229 Å². The number of carbonyl (C=O) groups is 1. The van der Waals surface area contributed by atoms with Gasteiger partial charge in [-0.1, -0.05) is 50.2 Å². The molecule has 0 atom stereocenters. The van der Waals surface area contributed by atoms with E-state index in [0.717, 1.165) is 83.7 Å². The molecule has 0 saturated carbocycles. The molecule has 39 heavy (non-hydrogen) atoms. The lowest BCUT2D eigenvalue weighted by Crippen LogP contribution is -2.27. The number of amides is 1. The molecule has 202 valence electrons. The number of nitrogens with one attached hydrogen (secondary N) is 2. The second-order valence-electron chi connectivity index (χ2n) is 9.93. The van der Waals surface area contributed by atoms with Gasteiger partial charge in [0.2, 0.25) is 0 Å². The van der Waals surface area contributed by atoms with E-state index in [-0.39, 0.29) is 11.7 Å². The Kier molecular flexibility index (Phi) is 7.98. The van der Waals surface area contributed by atoms with E-state index in [9.17, 15) is 9.90 Å². The number of hydrogen-bond acceptors (Lipinski definition) is 5. The maximum atomic E-state index is 13.1. The Hall–Kier alpha value is -4.10. The molecule has 0 aliphatic heterocycles. The van der Waals surface area contributed by atoms with Crippen molar-refractivity contribution in [3.8, 4) is 45.1 Å². The van der Waals surface area contributed by atoms with Crippen molar-refractivity contribution in [3.05, 3.63) is 77.4 Å². The number of phenols is 1. The molecule has 3 aromatic carbocycles. The van der Waals surface area contributed by atoms with Crippen LogP contribution in [-0.2, 0) is 6.42 Å². The Morgan fingerprint density at radius 1 is 1.00 bits per heavy atom. The number of methoxy groups -OCH3 is 1. The van der Waals surface area contributed by atoms with Crippen molar-refractivity contribution in [3.63, 3.8) is 0 Å². The van der Waals surface area contributed by atoms with Crippen LogP contribution in [0.15, 0.2) is 60.7 Å². The number of H-pyrrole nitrogens is 1. The minimum absolute atomic E-state index is 0.115. The number of aromatic amines is 1. The second kappa shape index (κ2) is 11.7. The van der Waals surface area contributed by atoms with E-state index in [1.807, 2.05) is 24.3 Å². The molecular weight excluding hydrogens is 488 g/mol. The number of rotatable bonds is 11. The van der Waals surface area contributed by atoms with Gasteiger partial charge in [0.1, 0.15) is 11.5 Å². The molecule has 0 radical (unpaired) electrons. The Balaban J connectivity index is 1.31. The van der Waals surface area contributed by atoms with Crippen LogP contribution < -0.4 is 10.1 Å². The lowest BCUT2D eigenvalue weighted by Gasteiger charge is -2.17. The lowest BCUT2D eigenvalue weighted by atomic mass is 10.0. The van der Waals surface area contributed by atoms with Crippen LogP contribution in [0, 0.1) is 0 Å². The first-order chi connectivity index (χ1) is 19.0. The van der Waals surface area contributed by atoms with Crippen LogP contribution in [0.3, 0.4) is 0 Å². The monoisotopic (exact) mass is 524 g/mol. The van der Waals surface area contributed by atoms with Gasteiger partial charge in [0.25, 0.3) is 5.91 Å². The summed E-state index contributed by atoms with van der Waals surface area (Å²) < 4.78 is 5.62. The summed E-state index contributed by atoms with van der Waals surface area (Å²) in [6.45, 7) is 8.15. The predicted octanol–water partition coefficient (Wildman–Crippen LogP) is 5.88. The zero-order valence-electron chi connectivity index (χ0n) is 22.9. The fraction of sp³-hybridized carbons (Fsp3) is 0.312. The van der Waals surface area contributed by atoms with Crippen molar-refractivity contribution in [2.24, 2.45) is 0 Å². The van der Waals surface area contributed by atoms with Gasteiger partial charge in [-0.2, -0.15) is 5.10 Å². The van der Waals surface area contributed by atoms with Gasteiger partial charge < -0.3 is 20.1 Å². The highest BCUT2D eigenvalue weighted by molar-refractivity contribution is 5.99. The van der Waals surface area contributed by atoms with Gasteiger partial charge in [-0.15, -0.1) is 0 Å². The Morgan fingerprint density at radius 2 is 1.67 bits per heavy atom. The molecule has 1 aliphatic carbocycles. The second-order valence-corrected chi connectivity index (χ2v) is 9.93. The van der Waals surface area contributed by atoms with Crippen LogP contribution in [0.4, 0.5) is 0 Å². The molecule has 0 unspecified atom stereocenters. The van der Waals surface area contributed by atoms with Gasteiger partial charge in [-0.3, -0.25) is 9.89 Å². The van der Waals surface area contributed by atoms with E-state index in [4.69, 9.17) is 4.74 Å². The number of carbonyl (C=O) groups excluding carboxylic acids is 1. The number of unbranched alkanes of at least 4 members (excludes halogenated alkanes) is 1. The Morgan fingerprint density at radius 3 is 2.33 bits per heavy atom. The average molecular weight is 525 g/mol. The van der Waals surface area contributed by atoms with Gasteiger partial charge in [-0.05, 0) is 73.4 Å². The normalized spacial score (nSPS) is 11.9. The summed E-state index contributed by atoms with van der Waals surface area (Å²) in [6.07, 6.45) is 2.72. The van der Waals surface area contributed by atoms with Crippen LogP contribution in [0.5, 0.6) is 11.5 Å². The zero-order chi connectivity index (χ0) is 27.4. The summed E-state index contributed by atoms with van der Waals surface area (Å²) in [4.78, 5) is 15.5. The molecule has 0 spiro atoms. The summed E-state index contributed by atoms with van der Waals surface area (Å²) >= 11 is 0. The largest absolute Gasteiger partial charge is 0.508 e. The highest BCUT2D eigenvalue weighted by Gasteiger charge is 2.28. The van der Waals surface area contributed by atoms with E-state index in [0.29, 0.717) is 17.9 Å². The standard InChI is InChI=1S/C32H36N4O3/c1-4-36(5-2)17-7-6-16-33-32(38)27-20-26-24(19-29(27)39-3)18-28-30(34-35-31(26)28)23-10-8-21(9-11-23)22-12-14-25(37)15-13-22/h8-15,19-20,37H,4-7,16-18H2,1-3H3,(H,33,38)(H,34,35). The molecule has 1 aliphatic rings. The van der Waals surface area contributed by atoms with Crippen LogP contribution in [0.1, 0.15) is 48.2 Å². The third kappa shape index (κ3) is 5.54. The van der Waals surface area contributed by atoms with Crippen LogP contribution in [0.25, 0.3) is 33.6 Å². The molecule has 0 bridgehead atoms. The van der Waals surface area contributed by atoms with Gasteiger partial charge in [0, 0.05) is 29.7 Å². The number of aromatic hydroxyl groups is 1. The number of ether oxygens (including phenoxy) is 1. The minimum Gasteiger partial charge on any atom is -0.508 e. The molecule has 7 nitrogen and oxygen atoms in total. The SMILES string of the molecule is CCN(CC)CCCCNC(=O)c1cc2c(cc1OC)Cc1c(-c3ccc(-c4ccc(O)cc4)cc3)n[nH]c1-2. The molecule has 0 saturated heterocycles. The summed E-state index contributed by atoms with van der Waals surface area (Å²) in [5.41, 5.74) is 8.79. The minimum atomic E-state index is -0.115. The molecule has 1 aromatic heterocycles. The van der Waals surface area contributed by atoms with E-state index in [1.165, 1.54) is 0 Å². The van der Waals surface area contributed by atoms with Crippen molar-refractivity contribution < 1.29 is 14.6 Å². The van der Waals surface area contributed by atoms with Gasteiger partial charge in [0.05, 0.1) is 24.1 Å². The number of aromatic nitrogens is 2. The number of phenolic OH excluding ortho intramolecular Hbond substituents is 1. The van der Waals surface area contributed by atoms with E-state index < -0.39 is 0 Å². The summed E-state index contributed by atoms with van der Waals surface area (Å²) in [6, 6.07) is 19.4. The average Bonchev–Trinajstić information content (AvgIpc) is 3.53. The van der Waals surface area contributed by atoms with E-state index in [2.05, 4.69) is 58.5 Å². The van der Waals surface area contributed by atoms with Crippen LogP contribution >= 0.6 is 0 Å². The molecule has 1 amide bonds. The number of nitrogens with zero attached hydrogens (tertiary/aromatic N) is 2. The van der Waals surface area contributed by atoms with Gasteiger partial charge >= 0.3 is 0 Å². The zero-order valence-corrected chi connectivity index (χ0v) is 22.9. The fourth-order valence-electron chi connectivity index (χ4n) is 5.31. The third-order valence-electron chi connectivity index (χ3n) is 7.61. The fourth-order valence-corrected chi connectivity index (χ4v) is 5.31. The van der Waals surface area contributed by atoms with Gasteiger partial charge in [0.15, 0.2) is 0 Å². The van der Waals surface area contributed by atoms with E-state index in [1.54, 1.807) is 19.2 Å². The molecule has 1 heterocycles. The van der Waals surface area contributed by atoms with Crippen LogP contribution in [-0.4, -0.2) is 59.4 Å². The molecule has 7 heteroatoms. The highest BCUT2D eigenvalue weighted by atomic mass is 16.5. The first-order valence-corrected chi connectivity index (χ1v) is 13.7. The maximum absolute atomic E-state index is 13.1. The summed E-state index contributed by atoms with van der Waals surface area (Å²) in [5, 5.41) is 20.5. The molecule has 3 N–H and O–H groups in total. The smallest absolute Gasteiger partial charge is 0.255 e. The molecular formula is C32H36N4O3. The number of fused-ring (bicyclic) bond motifs is 3. The van der Waals surface area contributed by atoms with Crippen molar-refractivity contribution in [1.82, 2.24) is 20.4 Å². The lowest BCUT2D eigenvalue weighted by molar-refractivity contribution is 0.0949. The topological polar surface area (TPSA) is 90.5 Å². The first-order valence-electron chi connectivity index (χ1n) is 13.7. The molecule has 0 fully saturated rings. The van der Waals surface area contributed by atoms with Crippen molar-refractivity contribution in [2.75, 3.05) is 33.3 Å². The highest BCUT2D eigenvalue weighted by Crippen LogP contribution is 2.42. The van der Waals surface area contributed by atoms with Crippen molar-refractivity contribution >= 4 is 5.91 Å². The molecule has 4 aromatic rings. The predicted molar refractivity (Wildman–Crippen MR) is 155 cm³/mol. The van der Waals surface area contributed by atoms with Crippen LogP contribution in [0.2, 0.25) is 0 Å². The maximum Gasteiger partial charge on any atom is 0.255 e. The third-order valence-corrected chi connectivity index (χ3v) is 7.61. The quantitative estimate of drug-likeness (QED) is 0.188. The van der Waals surface area contributed by atoms with Crippen molar-refractivity contribution in [2.45, 2.75) is 33.1 Å². The summed E-state index contributed by atoms with van der Waals surface area (Å²) in [5.74, 6) is 0.730.